The number of carbonyl (C=O) groups excluding carboxylic acids is 4. The highest BCUT2D eigenvalue weighted by Crippen LogP contribution is 2.30. The van der Waals surface area contributed by atoms with E-state index in [9.17, 15) is 19.2 Å². The van der Waals surface area contributed by atoms with Crippen LogP contribution in [0.5, 0.6) is 0 Å². The predicted molar refractivity (Wildman–Crippen MR) is 128 cm³/mol. The van der Waals surface area contributed by atoms with Gasteiger partial charge in [0.15, 0.2) is 0 Å². The van der Waals surface area contributed by atoms with Crippen LogP contribution >= 0.6 is 0 Å². The van der Waals surface area contributed by atoms with Gasteiger partial charge in [-0.1, -0.05) is 36.4 Å². The predicted octanol–water partition coefficient (Wildman–Crippen LogP) is 3.98. The van der Waals surface area contributed by atoms with E-state index in [1.807, 2.05) is 53.4 Å². The van der Waals surface area contributed by atoms with Crippen molar-refractivity contribution in [2.75, 3.05) is 18.4 Å². The smallest absolute Gasteiger partial charge is 0.261 e. The molecule has 2 aliphatic heterocycles. The Morgan fingerprint density at radius 3 is 2.29 bits per heavy atom. The second-order valence-electron chi connectivity index (χ2n) is 8.74. The van der Waals surface area contributed by atoms with Crippen LogP contribution in [-0.2, 0) is 16.1 Å². The molecule has 1 saturated heterocycles. The van der Waals surface area contributed by atoms with E-state index in [0.717, 1.165) is 23.9 Å². The fourth-order valence-electron chi connectivity index (χ4n) is 4.74. The van der Waals surface area contributed by atoms with Crippen LogP contribution in [0.4, 0.5) is 5.69 Å². The third-order valence-electron chi connectivity index (χ3n) is 6.40. The van der Waals surface area contributed by atoms with Crippen molar-refractivity contribution in [3.05, 3.63) is 77.4 Å². The molecule has 3 aromatic rings. The van der Waals surface area contributed by atoms with E-state index in [4.69, 9.17) is 0 Å². The Hall–Kier alpha value is -4.00. The molecule has 7 heteroatoms. The largest absolute Gasteiger partial charge is 0.338 e. The molecule has 0 aliphatic carbocycles. The zero-order chi connectivity index (χ0) is 23.7. The molecule has 0 aromatic heterocycles. The molecule has 34 heavy (non-hydrogen) atoms. The normalized spacial score (nSPS) is 15.4. The lowest BCUT2D eigenvalue weighted by atomic mass is 9.94. The minimum absolute atomic E-state index is 0.162. The summed E-state index contributed by atoms with van der Waals surface area (Å²) in [6.45, 7) is 1.48. The van der Waals surface area contributed by atoms with Crippen molar-refractivity contribution in [2.45, 2.75) is 32.2 Å². The van der Waals surface area contributed by atoms with Crippen molar-refractivity contribution in [1.29, 1.82) is 0 Å². The van der Waals surface area contributed by atoms with Crippen LogP contribution in [0.1, 0.15) is 52.0 Å². The Balaban J connectivity index is 1.18. The number of imide groups is 1. The summed E-state index contributed by atoms with van der Waals surface area (Å²) in [4.78, 5) is 53.4. The van der Waals surface area contributed by atoms with Crippen molar-refractivity contribution in [1.82, 2.24) is 9.80 Å². The molecule has 0 bridgehead atoms. The highest BCUT2D eigenvalue weighted by Gasteiger charge is 2.32. The summed E-state index contributed by atoms with van der Waals surface area (Å²) < 4.78 is 0. The number of hydrogen-bond donors (Lipinski definition) is 1. The fraction of sp³-hybridized carbons (Fsp3) is 0.259. The summed E-state index contributed by atoms with van der Waals surface area (Å²) in [6, 6.07) is 18.4. The van der Waals surface area contributed by atoms with Crippen molar-refractivity contribution in [2.24, 2.45) is 0 Å². The zero-order valence-electron chi connectivity index (χ0n) is 18.8. The molecule has 0 unspecified atom stereocenters. The first-order valence-electron chi connectivity index (χ1n) is 11.6. The average Bonchev–Trinajstić information content (AvgIpc) is 3.24. The molecule has 2 aliphatic rings. The van der Waals surface area contributed by atoms with Crippen molar-refractivity contribution in [3.63, 3.8) is 0 Å². The van der Waals surface area contributed by atoms with E-state index >= 15 is 0 Å². The quantitative estimate of drug-likeness (QED) is 0.546. The first-order valence-corrected chi connectivity index (χ1v) is 11.6. The number of amides is 4. The van der Waals surface area contributed by atoms with Crippen LogP contribution in [0.3, 0.4) is 0 Å². The third-order valence-corrected chi connectivity index (χ3v) is 6.40. The summed E-state index contributed by atoms with van der Waals surface area (Å²) in [5, 5.41) is 4.45. The van der Waals surface area contributed by atoms with Gasteiger partial charge in [-0.05, 0) is 48.1 Å². The molecule has 7 nitrogen and oxygen atoms in total. The van der Waals surface area contributed by atoms with Gasteiger partial charge in [-0.25, -0.2) is 0 Å². The number of rotatable bonds is 7. The van der Waals surface area contributed by atoms with Crippen molar-refractivity contribution >= 4 is 40.1 Å². The number of nitrogens with zero attached hydrogens (tertiary/aromatic N) is 2. The Morgan fingerprint density at radius 1 is 0.912 bits per heavy atom. The van der Waals surface area contributed by atoms with Gasteiger partial charge in [-0.3, -0.25) is 24.1 Å². The van der Waals surface area contributed by atoms with E-state index < -0.39 is 0 Å². The molecule has 0 radical (unpaired) electrons. The second kappa shape index (κ2) is 9.09. The maximum absolute atomic E-state index is 13.0. The van der Waals surface area contributed by atoms with E-state index in [-0.39, 0.29) is 36.6 Å². The fourth-order valence-corrected chi connectivity index (χ4v) is 4.74. The lowest BCUT2D eigenvalue weighted by Crippen LogP contribution is -2.41. The molecular weight excluding hydrogens is 430 g/mol. The minimum atomic E-state index is -0.320. The van der Waals surface area contributed by atoms with Crippen LogP contribution in [0.25, 0.3) is 10.8 Å². The maximum atomic E-state index is 13.0. The van der Waals surface area contributed by atoms with E-state index in [1.54, 1.807) is 12.1 Å². The molecule has 172 valence electrons. The number of hydrogen-bond acceptors (Lipinski definition) is 4. The lowest BCUT2D eigenvalue weighted by Gasteiger charge is -2.27. The highest BCUT2D eigenvalue weighted by atomic mass is 16.2. The Bertz CT molecular complexity index is 1270. The molecule has 5 rings (SSSR count). The van der Waals surface area contributed by atoms with Crippen LogP contribution in [0.15, 0.2) is 60.7 Å². The monoisotopic (exact) mass is 455 g/mol. The average molecular weight is 456 g/mol. The Morgan fingerprint density at radius 2 is 1.62 bits per heavy atom. The number of likely N-dealkylation sites (tertiary alicyclic amines) is 1. The maximum Gasteiger partial charge on any atom is 0.261 e. The lowest BCUT2D eigenvalue weighted by molar-refractivity contribution is -0.128. The summed E-state index contributed by atoms with van der Waals surface area (Å²) in [7, 11) is 0. The van der Waals surface area contributed by atoms with E-state index in [2.05, 4.69) is 5.32 Å². The van der Waals surface area contributed by atoms with Crippen LogP contribution in [0, 0.1) is 0 Å². The van der Waals surface area contributed by atoms with Gasteiger partial charge >= 0.3 is 0 Å². The first kappa shape index (κ1) is 21.8. The molecule has 0 spiro atoms. The summed E-state index contributed by atoms with van der Waals surface area (Å²) in [6.07, 6.45) is 2.03. The molecule has 1 fully saturated rings. The number of benzene rings is 3. The van der Waals surface area contributed by atoms with Gasteiger partial charge in [0.05, 0.1) is 0 Å². The molecule has 1 N–H and O–H groups in total. The SMILES string of the molecule is O=C(CCCN1C(=O)c2cccc3cccc(c23)C1=O)Nc1cccc(CN2CCCC2=O)c1. The molecule has 3 aromatic carbocycles. The molecular formula is C27H25N3O4. The van der Waals surface area contributed by atoms with Crippen LogP contribution in [0.2, 0.25) is 0 Å². The van der Waals surface area contributed by atoms with Gasteiger partial charge in [0.25, 0.3) is 11.8 Å². The van der Waals surface area contributed by atoms with Gasteiger partial charge in [0, 0.05) is 54.7 Å². The zero-order valence-corrected chi connectivity index (χ0v) is 18.8. The standard InChI is InChI=1S/C27H25N3O4/c31-23(28-20-9-1-6-18(16-20)17-29-14-5-13-24(29)32)12-4-15-30-26(33)21-10-2-7-19-8-3-11-22(25(19)21)27(30)34/h1-3,6-11,16H,4-5,12-15,17H2,(H,28,31). The van der Waals surface area contributed by atoms with Crippen LogP contribution < -0.4 is 5.32 Å². The number of carbonyl (C=O) groups is 4. The van der Waals surface area contributed by atoms with Gasteiger partial charge in [-0.2, -0.15) is 0 Å². The topological polar surface area (TPSA) is 86.8 Å². The molecule has 0 saturated carbocycles. The number of nitrogens with one attached hydrogen (secondary N) is 1. The van der Waals surface area contributed by atoms with E-state index in [1.165, 1.54) is 4.90 Å². The van der Waals surface area contributed by atoms with Gasteiger partial charge < -0.3 is 10.2 Å². The summed E-state index contributed by atoms with van der Waals surface area (Å²) >= 11 is 0. The number of anilines is 1. The van der Waals surface area contributed by atoms with Gasteiger partial charge in [-0.15, -0.1) is 0 Å². The van der Waals surface area contributed by atoms with Crippen molar-refractivity contribution in [3.8, 4) is 0 Å². The van der Waals surface area contributed by atoms with Gasteiger partial charge in [0.1, 0.15) is 0 Å². The summed E-state index contributed by atoms with van der Waals surface area (Å²) in [5.74, 6) is -0.665. The van der Waals surface area contributed by atoms with Crippen molar-refractivity contribution < 1.29 is 19.2 Å². The van der Waals surface area contributed by atoms with Crippen LogP contribution in [-0.4, -0.2) is 46.5 Å². The minimum Gasteiger partial charge on any atom is -0.338 e. The summed E-state index contributed by atoms with van der Waals surface area (Å²) in [5.41, 5.74) is 2.67. The highest BCUT2D eigenvalue weighted by molar-refractivity contribution is 6.25. The Labute approximate surface area is 197 Å². The van der Waals surface area contributed by atoms with Gasteiger partial charge in [0.2, 0.25) is 11.8 Å². The molecule has 0 atom stereocenters. The molecule has 2 heterocycles. The first-order chi connectivity index (χ1) is 16.5. The Kier molecular flexibility index (Phi) is 5.84. The third kappa shape index (κ3) is 4.17. The second-order valence-corrected chi connectivity index (χ2v) is 8.74. The van der Waals surface area contributed by atoms with E-state index in [0.29, 0.717) is 41.6 Å². The molecule has 4 amide bonds.